The molecule has 1 unspecified atom stereocenters. The Balaban J connectivity index is 2.31. The Bertz CT molecular complexity index is 689. The highest BCUT2D eigenvalue weighted by Gasteiger charge is 2.20. The molecule has 1 heterocycles. The average molecular weight is 314 g/mol. The van der Waals surface area contributed by atoms with Crippen LogP contribution in [0.25, 0.3) is 0 Å². The van der Waals surface area contributed by atoms with Crippen molar-refractivity contribution in [2.75, 3.05) is 5.73 Å². The number of nitrogen functional groups attached to an aromatic ring is 1. The maximum absolute atomic E-state index is 13.4. The van der Waals surface area contributed by atoms with Gasteiger partial charge in [-0.3, -0.25) is 0 Å². The number of anilines is 1. The number of rotatable bonds is 4. The van der Waals surface area contributed by atoms with Crippen molar-refractivity contribution < 1.29 is 12.8 Å². The van der Waals surface area contributed by atoms with Crippen molar-refractivity contribution in [3.8, 4) is 0 Å². The van der Waals surface area contributed by atoms with E-state index >= 15 is 0 Å². The van der Waals surface area contributed by atoms with E-state index in [0.717, 1.165) is 10.9 Å². The lowest BCUT2D eigenvalue weighted by atomic mass is 10.2. The van der Waals surface area contributed by atoms with Gasteiger partial charge in [0, 0.05) is 4.88 Å². The van der Waals surface area contributed by atoms with Gasteiger partial charge in [-0.05, 0) is 43.0 Å². The third-order valence-electron chi connectivity index (χ3n) is 2.87. The van der Waals surface area contributed by atoms with Gasteiger partial charge in [-0.1, -0.05) is 6.07 Å². The van der Waals surface area contributed by atoms with Gasteiger partial charge in [-0.2, -0.15) is 0 Å². The van der Waals surface area contributed by atoms with Crippen molar-refractivity contribution in [1.29, 1.82) is 0 Å². The Morgan fingerprint density at radius 3 is 2.65 bits per heavy atom. The summed E-state index contributed by atoms with van der Waals surface area (Å²) in [5, 5.41) is 1.88. The number of nitrogens with one attached hydrogen (secondary N) is 1. The van der Waals surface area contributed by atoms with Gasteiger partial charge >= 0.3 is 0 Å². The maximum atomic E-state index is 13.4. The minimum atomic E-state index is -3.74. The van der Waals surface area contributed by atoms with Gasteiger partial charge in [0.2, 0.25) is 10.0 Å². The first-order chi connectivity index (χ1) is 9.31. The smallest absolute Gasteiger partial charge is 0.241 e. The molecule has 0 fully saturated rings. The van der Waals surface area contributed by atoms with Crippen LogP contribution in [-0.4, -0.2) is 8.42 Å². The molecule has 0 bridgehead atoms. The van der Waals surface area contributed by atoms with Crippen LogP contribution in [-0.2, 0) is 10.0 Å². The summed E-state index contributed by atoms with van der Waals surface area (Å²) in [6, 6.07) is 5.75. The van der Waals surface area contributed by atoms with Crippen LogP contribution in [0.4, 0.5) is 10.1 Å². The molecule has 0 aliphatic carbocycles. The van der Waals surface area contributed by atoms with E-state index in [4.69, 9.17) is 5.73 Å². The molecule has 0 spiro atoms. The fourth-order valence-electron chi connectivity index (χ4n) is 1.81. The van der Waals surface area contributed by atoms with E-state index in [-0.39, 0.29) is 22.2 Å². The summed E-state index contributed by atoms with van der Waals surface area (Å²) in [5.74, 6) is -0.588. The molecular formula is C13H15FN2O2S2. The van der Waals surface area contributed by atoms with Crippen molar-refractivity contribution in [1.82, 2.24) is 4.72 Å². The Hall–Kier alpha value is -1.44. The van der Waals surface area contributed by atoms with Crippen LogP contribution in [0, 0.1) is 12.7 Å². The number of nitrogens with two attached hydrogens (primary N) is 1. The molecule has 0 radical (unpaired) electrons. The summed E-state index contributed by atoms with van der Waals surface area (Å²) in [6.45, 7) is 3.23. The molecule has 20 heavy (non-hydrogen) atoms. The van der Waals surface area contributed by atoms with E-state index in [9.17, 15) is 12.8 Å². The zero-order valence-corrected chi connectivity index (χ0v) is 12.7. The highest BCUT2D eigenvalue weighted by Crippen LogP contribution is 2.24. The first-order valence-electron chi connectivity index (χ1n) is 5.92. The molecule has 4 nitrogen and oxygen atoms in total. The van der Waals surface area contributed by atoms with Gasteiger partial charge in [-0.15, -0.1) is 11.3 Å². The van der Waals surface area contributed by atoms with Crippen LogP contribution in [0.2, 0.25) is 0 Å². The van der Waals surface area contributed by atoms with Crippen molar-refractivity contribution >= 4 is 27.0 Å². The quantitative estimate of drug-likeness (QED) is 0.852. The van der Waals surface area contributed by atoms with Gasteiger partial charge in [0.25, 0.3) is 0 Å². The average Bonchev–Trinajstić information content (AvgIpc) is 2.88. The second-order valence-electron chi connectivity index (χ2n) is 4.50. The molecule has 1 aromatic heterocycles. The summed E-state index contributed by atoms with van der Waals surface area (Å²) < 4.78 is 40.5. The second-order valence-corrected chi connectivity index (χ2v) is 7.20. The lowest BCUT2D eigenvalue weighted by Crippen LogP contribution is -2.26. The largest absolute Gasteiger partial charge is 0.396 e. The van der Waals surface area contributed by atoms with Gasteiger partial charge in [0.05, 0.1) is 16.6 Å². The number of halogens is 1. The Labute approximate surface area is 121 Å². The number of hydrogen-bond acceptors (Lipinski definition) is 4. The van der Waals surface area contributed by atoms with E-state index in [1.54, 1.807) is 6.92 Å². The van der Waals surface area contributed by atoms with Crippen molar-refractivity contribution in [2.45, 2.75) is 24.8 Å². The lowest BCUT2D eigenvalue weighted by Gasteiger charge is -2.14. The fourth-order valence-corrected chi connectivity index (χ4v) is 3.97. The number of hydrogen-bond donors (Lipinski definition) is 2. The van der Waals surface area contributed by atoms with E-state index < -0.39 is 15.8 Å². The third-order valence-corrected chi connectivity index (χ3v) is 5.44. The molecule has 0 saturated carbocycles. The third kappa shape index (κ3) is 3.00. The predicted octanol–water partition coefficient (Wildman–Crippen LogP) is 2.82. The minimum Gasteiger partial charge on any atom is -0.396 e. The number of benzene rings is 1. The Morgan fingerprint density at radius 2 is 2.10 bits per heavy atom. The highest BCUT2D eigenvalue weighted by atomic mass is 32.2. The summed E-state index contributed by atoms with van der Waals surface area (Å²) >= 11 is 1.46. The minimum absolute atomic E-state index is 0.0303. The van der Waals surface area contributed by atoms with Crippen molar-refractivity contribution in [2.24, 2.45) is 0 Å². The van der Waals surface area contributed by atoms with Crippen molar-refractivity contribution in [3.05, 3.63) is 45.9 Å². The van der Waals surface area contributed by atoms with Crippen LogP contribution in [0.1, 0.15) is 23.4 Å². The normalized spacial score (nSPS) is 13.3. The van der Waals surface area contributed by atoms with Crippen LogP contribution in [0.15, 0.2) is 34.5 Å². The molecule has 2 rings (SSSR count). The molecule has 108 valence electrons. The van der Waals surface area contributed by atoms with Crippen LogP contribution < -0.4 is 10.5 Å². The molecule has 3 N–H and O–H groups in total. The Morgan fingerprint density at radius 1 is 1.40 bits per heavy atom. The van der Waals surface area contributed by atoms with E-state index in [1.165, 1.54) is 24.3 Å². The van der Waals surface area contributed by atoms with Crippen LogP contribution in [0.5, 0.6) is 0 Å². The molecule has 7 heteroatoms. The van der Waals surface area contributed by atoms with E-state index in [0.29, 0.717) is 0 Å². The first kappa shape index (κ1) is 15.0. The predicted molar refractivity (Wildman–Crippen MR) is 78.6 cm³/mol. The van der Waals surface area contributed by atoms with Crippen molar-refractivity contribution in [3.63, 3.8) is 0 Å². The standard InChI is InChI=1S/C13H15FN2O2S2/c1-8-6-10(7-11(15)13(8)14)20(17,18)16-9(2)12-4-3-5-19-12/h3-7,9,16H,15H2,1-2H3. The first-order valence-corrected chi connectivity index (χ1v) is 8.29. The van der Waals surface area contributed by atoms with Gasteiger partial charge in [-0.25, -0.2) is 17.5 Å². The lowest BCUT2D eigenvalue weighted by molar-refractivity contribution is 0.567. The van der Waals surface area contributed by atoms with Gasteiger partial charge in [0.15, 0.2) is 0 Å². The molecule has 0 saturated heterocycles. The molecule has 1 atom stereocenters. The summed E-state index contributed by atoms with van der Waals surface area (Å²) in [6.07, 6.45) is 0. The summed E-state index contributed by atoms with van der Waals surface area (Å²) in [5.41, 5.74) is 5.51. The van der Waals surface area contributed by atoms with Gasteiger partial charge < -0.3 is 5.73 Å². The zero-order valence-electron chi connectivity index (χ0n) is 11.1. The highest BCUT2D eigenvalue weighted by molar-refractivity contribution is 7.89. The van der Waals surface area contributed by atoms with E-state index in [2.05, 4.69) is 4.72 Å². The molecule has 1 aromatic carbocycles. The number of aryl methyl sites for hydroxylation is 1. The maximum Gasteiger partial charge on any atom is 0.241 e. The molecule has 2 aromatic rings. The molecule has 0 aliphatic rings. The van der Waals surface area contributed by atoms with E-state index in [1.807, 2.05) is 17.5 Å². The second kappa shape index (κ2) is 5.51. The molecule has 0 aliphatic heterocycles. The topological polar surface area (TPSA) is 72.2 Å². The molecular weight excluding hydrogens is 299 g/mol. The Kier molecular flexibility index (Phi) is 4.12. The monoisotopic (exact) mass is 314 g/mol. The summed E-state index contributed by atoms with van der Waals surface area (Å²) in [7, 11) is -3.74. The zero-order chi connectivity index (χ0) is 14.9. The number of sulfonamides is 1. The number of thiophene rings is 1. The molecule has 0 amide bonds. The fraction of sp³-hybridized carbons (Fsp3) is 0.231. The van der Waals surface area contributed by atoms with Gasteiger partial charge in [0.1, 0.15) is 5.82 Å². The van der Waals surface area contributed by atoms with Crippen LogP contribution in [0.3, 0.4) is 0 Å². The SMILES string of the molecule is Cc1cc(S(=O)(=O)NC(C)c2cccs2)cc(N)c1F. The van der Waals surface area contributed by atoms with Crippen LogP contribution >= 0.6 is 11.3 Å². The summed E-state index contributed by atoms with van der Waals surface area (Å²) in [4.78, 5) is 0.873.